The summed E-state index contributed by atoms with van der Waals surface area (Å²) >= 11 is 0. The van der Waals surface area contributed by atoms with Crippen molar-refractivity contribution in [2.24, 2.45) is 0 Å². The summed E-state index contributed by atoms with van der Waals surface area (Å²) in [6.45, 7) is 1.61. The van der Waals surface area contributed by atoms with Crippen molar-refractivity contribution in [2.45, 2.75) is 31.8 Å². The van der Waals surface area contributed by atoms with E-state index in [2.05, 4.69) is 20.9 Å². The van der Waals surface area contributed by atoms with E-state index in [-0.39, 0.29) is 24.5 Å². The second kappa shape index (κ2) is 12.3. The molecule has 1 aromatic heterocycles. The molecule has 0 fully saturated rings. The molecule has 3 amide bonds. The smallest absolute Gasteiger partial charge is 0.404 e. The molecule has 4 rings (SSSR count). The molecule has 6 N–H and O–H groups in total. The fraction of sp³-hybridized carbons (Fsp3) is 0.207. The molecule has 0 saturated heterocycles. The summed E-state index contributed by atoms with van der Waals surface area (Å²) in [5, 5.41) is 26.2. The fourth-order valence-electron chi connectivity index (χ4n) is 4.54. The number of aromatic nitrogens is 1. The summed E-state index contributed by atoms with van der Waals surface area (Å²) in [5.74, 6) is -1.29. The molecule has 0 spiro atoms. The minimum absolute atomic E-state index is 0.0516. The van der Waals surface area contributed by atoms with Gasteiger partial charge in [0.15, 0.2) is 0 Å². The van der Waals surface area contributed by atoms with Crippen LogP contribution in [0.4, 0.5) is 18.4 Å². The lowest BCUT2D eigenvalue weighted by Crippen LogP contribution is -2.44. The van der Waals surface area contributed by atoms with Crippen LogP contribution in [0.5, 0.6) is 0 Å². The molecule has 40 heavy (non-hydrogen) atoms. The topological polar surface area (TPSA) is 144 Å². The Morgan fingerprint density at radius 2 is 1.38 bits per heavy atom. The van der Waals surface area contributed by atoms with E-state index in [1.165, 1.54) is 24.3 Å². The number of hydrogen-bond acceptors (Lipinski definition) is 3. The lowest BCUT2D eigenvalue weighted by atomic mass is 9.99. The van der Waals surface area contributed by atoms with Crippen LogP contribution >= 0.6 is 0 Å². The zero-order valence-corrected chi connectivity index (χ0v) is 21.5. The minimum atomic E-state index is -1.27. The quantitative estimate of drug-likeness (QED) is 0.153. The predicted octanol–water partition coefficient (Wildman–Crippen LogP) is 5.58. The highest BCUT2D eigenvalue weighted by Crippen LogP contribution is 2.35. The first-order chi connectivity index (χ1) is 19.1. The third kappa shape index (κ3) is 6.93. The zero-order chi connectivity index (χ0) is 28.8. The first kappa shape index (κ1) is 28.1. The summed E-state index contributed by atoms with van der Waals surface area (Å²) in [6.07, 6.45) is -1.85. The van der Waals surface area contributed by atoms with Gasteiger partial charge in [0, 0.05) is 35.1 Å². The molecule has 11 heteroatoms. The van der Waals surface area contributed by atoms with Crippen molar-refractivity contribution in [1.29, 1.82) is 0 Å². The van der Waals surface area contributed by atoms with Crippen LogP contribution in [0.15, 0.2) is 66.7 Å². The number of hydrogen-bond donors (Lipinski definition) is 6. The number of aromatic amines is 1. The third-order valence-electron chi connectivity index (χ3n) is 6.49. The Hall–Kier alpha value is -4.93. The van der Waals surface area contributed by atoms with Crippen LogP contribution in [-0.4, -0.2) is 51.9 Å². The number of carboxylic acid groups (broad SMARTS) is 2. The Morgan fingerprint density at radius 1 is 0.800 bits per heavy atom. The number of carbonyl (C=O) groups is 3. The largest absolute Gasteiger partial charge is 0.465 e. The normalized spacial score (nSPS) is 12.5. The summed E-state index contributed by atoms with van der Waals surface area (Å²) in [5.41, 5.74) is 3.54. The molecule has 0 aliphatic rings. The van der Waals surface area contributed by atoms with Gasteiger partial charge in [0.25, 0.3) is 5.91 Å². The molecular formula is C29H28F2N4O5. The van der Waals surface area contributed by atoms with Crippen molar-refractivity contribution in [1.82, 2.24) is 20.9 Å². The van der Waals surface area contributed by atoms with Crippen LogP contribution in [0.1, 0.15) is 30.3 Å². The van der Waals surface area contributed by atoms with Gasteiger partial charge in [0.2, 0.25) is 0 Å². The number of fused-ring (bicyclic) bond motifs is 1. The van der Waals surface area contributed by atoms with Crippen molar-refractivity contribution < 1.29 is 33.4 Å². The average Bonchev–Trinajstić information content (AvgIpc) is 3.29. The highest BCUT2D eigenvalue weighted by molar-refractivity contribution is 6.10. The van der Waals surface area contributed by atoms with Crippen LogP contribution in [0.2, 0.25) is 0 Å². The Labute approximate surface area is 228 Å². The van der Waals surface area contributed by atoms with Gasteiger partial charge in [-0.1, -0.05) is 36.4 Å². The van der Waals surface area contributed by atoms with Crippen LogP contribution in [-0.2, 0) is 0 Å². The number of rotatable bonds is 10. The maximum atomic E-state index is 13.7. The third-order valence-corrected chi connectivity index (χ3v) is 6.49. The van der Waals surface area contributed by atoms with E-state index in [4.69, 9.17) is 5.11 Å². The van der Waals surface area contributed by atoms with Gasteiger partial charge in [0.05, 0.1) is 0 Å². The van der Waals surface area contributed by atoms with Gasteiger partial charge >= 0.3 is 12.2 Å². The second-order valence-corrected chi connectivity index (χ2v) is 9.43. The second-order valence-electron chi connectivity index (χ2n) is 9.43. The highest BCUT2D eigenvalue weighted by Gasteiger charge is 2.22. The summed E-state index contributed by atoms with van der Waals surface area (Å²) in [6, 6.07) is 16.1. The number of H-pyrrole nitrogens is 1. The van der Waals surface area contributed by atoms with Crippen molar-refractivity contribution in [3.63, 3.8) is 0 Å². The molecule has 0 aliphatic carbocycles. The van der Waals surface area contributed by atoms with E-state index < -0.39 is 36.0 Å². The monoisotopic (exact) mass is 550 g/mol. The number of carbonyl (C=O) groups excluding carboxylic acids is 1. The van der Waals surface area contributed by atoms with Crippen LogP contribution in [0.3, 0.4) is 0 Å². The van der Waals surface area contributed by atoms with Crippen molar-refractivity contribution in [3.05, 3.63) is 84.1 Å². The first-order valence-corrected chi connectivity index (χ1v) is 12.6. The van der Waals surface area contributed by atoms with Gasteiger partial charge < -0.3 is 31.1 Å². The highest BCUT2D eigenvalue weighted by atomic mass is 19.1. The van der Waals surface area contributed by atoms with E-state index in [0.29, 0.717) is 28.5 Å². The Balaban J connectivity index is 1.63. The van der Waals surface area contributed by atoms with Crippen molar-refractivity contribution in [2.75, 3.05) is 6.54 Å². The van der Waals surface area contributed by atoms with Crippen molar-refractivity contribution >= 4 is 29.0 Å². The van der Waals surface area contributed by atoms with E-state index in [0.717, 1.165) is 11.1 Å². The Kier molecular flexibility index (Phi) is 8.63. The average molecular weight is 551 g/mol. The standard InChI is InChI=1S/C29H28F2N4O5/c1-16(33-28(37)38)2-12-22(34-29(39)40)15-32-27(36)26-25(18-5-10-21(31)11-6-18)23-13-7-19(14-24(23)35-26)17-3-8-20(30)9-4-17/h3-11,13-14,16,22,33-35H,2,12,15H2,1H3,(H,32,36)(H,37,38)(H,39,40)/t16?,22-/m0/s1. The summed E-state index contributed by atoms with van der Waals surface area (Å²) < 4.78 is 27.1. The van der Waals surface area contributed by atoms with E-state index in [1.807, 2.05) is 18.2 Å². The zero-order valence-electron chi connectivity index (χ0n) is 21.5. The number of benzene rings is 3. The molecule has 9 nitrogen and oxygen atoms in total. The van der Waals surface area contributed by atoms with Gasteiger partial charge in [-0.25, -0.2) is 18.4 Å². The molecule has 1 heterocycles. The molecule has 1 unspecified atom stereocenters. The summed E-state index contributed by atoms with van der Waals surface area (Å²) in [7, 11) is 0. The van der Waals surface area contributed by atoms with Gasteiger partial charge in [-0.2, -0.15) is 0 Å². The lowest BCUT2D eigenvalue weighted by Gasteiger charge is -2.20. The molecule has 4 aromatic rings. The predicted molar refractivity (Wildman–Crippen MR) is 146 cm³/mol. The minimum Gasteiger partial charge on any atom is -0.465 e. The molecule has 3 aromatic carbocycles. The SMILES string of the molecule is CC(CC[C@@H](CNC(=O)c1[nH]c2cc(-c3ccc(F)cc3)ccc2c1-c1ccc(F)cc1)NC(=O)O)NC(=O)O. The van der Waals surface area contributed by atoms with Gasteiger partial charge in [-0.3, -0.25) is 4.79 Å². The molecule has 0 bridgehead atoms. The van der Waals surface area contributed by atoms with Crippen LogP contribution in [0.25, 0.3) is 33.2 Å². The Morgan fingerprint density at radius 3 is 1.98 bits per heavy atom. The van der Waals surface area contributed by atoms with Crippen LogP contribution in [0, 0.1) is 11.6 Å². The van der Waals surface area contributed by atoms with Gasteiger partial charge in [0.1, 0.15) is 17.3 Å². The molecule has 0 saturated carbocycles. The first-order valence-electron chi connectivity index (χ1n) is 12.6. The number of amides is 3. The van der Waals surface area contributed by atoms with Gasteiger partial charge in [-0.05, 0) is 66.8 Å². The molecule has 2 atom stereocenters. The maximum absolute atomic E-state index is 13.7. The van der Waals surface area contributed by atoms with Gasteiger partial charge in [-0.15, -0.1) is 0 Å². The van der Waals surface area contributed by atoms with E-state index in [1.54, 1.807) is 31.2 Å². The Bertz CT molecular complexity index is 1520. The maximum Gasteiger partial charge on any atom is 0.404 e. The van der Waals surface area contributed by atoms with E-state index >= 15 is 0 Å². The number of nitrogens with one attached hydrogen (secondary N) is 4. The summed E-state index contributed by atoms with van der Waals surface area (Å²) in [4.78, 5) is 38.7. The molecule has 0 radical (unpaired) electrons. The number of halogens is 2. The molecule has 0 aliphatic heterocycles. The fourth-order valence-corrected chi connectivity index (χ4v) is 4.54. The molecular weight excluding hydrogens is 522 g/mol. The lowest BCUT2D eigenvalue weighted by molar-refractivity contribution is 0.0944. The van der Waals surface area contributed by atoms with Crippen LogP contribution < -0.4 is 16.0 Å². The molecule has 208 valence electrons. The van der Waals surface area contributed by atoms with Crippen molar-refractivity contribution in [3.8, 4) is 22.3 Å². The van der Waals surface area contributed by atoms with E-state index in [9.17, 15) is 28.3 Å².